The molecule has 1 atom stereocenters. The number of rotatable bonds is 1. The van der Waals surface area contributed by atoms with Crippen LogP contribution in [0.25, 0.3) is 0 Å². The predicted molar refractivity (Wildman–Crippen MR) is 72.4 cm³/mol. The number of hydrogen-bond donors (Lipinski definition) is 1. The fourth-order valence-corrected chi connectivity index (χ4v) is 4.88. The van der Waals surface area contributed by atoms with Gasteiger partial charge in [0.2, 0.25) is 0 Å². The van der Waals surface area contributed by atoms with Crippen molar-refractivity contribution in [3.63, 3.8) is 0 Å². The van der Waals surface area contributed by atoms with Crippen molar-refractivity contribution in [1.29, 1.82) is 0 Å². The van der Waals surface area contributed by atoms with Crippen molar-refractivity contribution in [2.24, 2.45) is 0 Å². The maximum absolute atomic E-state index is 12.0. The van der Waals surface area contributed by atoms with Crippen molar-refractivity contribution in [2.75, 3.05) is 19.3 Å². The van der Waals surface area contributed by atoms with Crippen molar-refractivity contribution in [3.05, 3.63) is 35.4 Å². The number of nitrogens with one attached hydrogen (secondary N) is 1. The average Bonchev–Trinajstić information content (AvgIpc) is 2.66. The van der Waals surface area contributed by atoms with Crippen LogP contribution in [0.1, 0.15) is 35.6 Å². The summed E-state index contributed by atoms with van der Waals surface area (Å²) in [6.45, 7) is 1.98. The summed E-state index contributed by atoms with van der Waals surface area (Å²) in [5, 5.41) is 3.07. The third kappa shape index (κ3) is 1.79. The molecule has 3 rings (SSSR count). The molecule has 2 aliphatic rings. The van der Waals surface area contributed by atoms with E-state index in [4.69, 9.17) is 0 Å². The summed E-state index contributed by atoms with van der Waals surface area (Å²) in [7, 11) is -3.01. The van der Waals surface area contributed by atoms with Gasteiger partial charge < -0.3 is 5.32 Å². The van der Waals surface area contributed by atoms with Crippen molar-refractivity contribution < 1.29 is 8.42 Å². The van der Waals surface area contributed by atoms with Gasteiger partial charge in [-0.2, -0.15) is 0 Å². The lowest BCUT2D eigenvalue weighted by Gasteiger charge is -2.35. The van der Waals surface area contributed by atoms with Crippen LogP contribution in [-0.4, -0.2) is 27.8 Å². The smallest absolute Gasteiger partial charge is 0.154 e. The molecule has 0 amide bonds. The topological polar surface area (TPSA) is 46.2 Å². The molecule has 1 aromatic rings. The molecule has 4 heteroatoms. The largest absolute Gasteiger partial charge is 0.317 e. The van der Waals surface area contributed by atoms with E-state index in [0.29, 0.717) is 0 Å². The van der Waals surface area contributed by atoms with Gasteiger partial charge in [-0.15, -0.1) is 0 Å². The molecular formula is C14H19NO2S. The van der Waals surface area contributed by atoms with E-state index in [1.807, 2.05) is 18.2 Å². The molecule has 0 aromatic heterocycles. The highest BCUT2D eigenvalue weighted by Gasteiger charge is 2.47. The lowest BCUT2D eigenvalue weighted by atomic mass is 9.74. The minimum absolute atomic E-state index is 0.0928. The number of piperidine rings is 1. The molecule has 1 N–H and O–H groups in total. The van der Waals surface area contributed by atoms with Crippen LogP contribution in [0, 0.1) is 0 Å². The van der Waals surface area contributed by atoms with Crippen LogP contribution in [0.5, 0.6) is 0 Å². The Balaban J connectivity index is 2.12. The zero-order valence-corrected chi connectivity index (χ0v) is 11.5. The van der Waals surface area contributed by atoms with Gasteiger partial charge in [-0.05, 0) is 48.9 Å². The predicted octanol–water partition coefficient (Wildman–Crippen LogP) is 1.80. The van der Waals surface area contributed by atoms with Gasteiger partial charge in [0.15, 0.2) is 9.84 Å². The fourth-order valence-electron chi connectivity index (χ4n) is 3.60. The van der Waals surface area contributed by atoms with E-state index in [1.54, 1.807) is 0 Å². The quantitative estimate of drug-likeness (QED) is 0.842. The first-order valence-corrected chi connectivity index (χ1v) is 8.47. The van der Waals surface area contributed by atoms with Crippen LogP contribution in [0.2, 0.25) is 0 Å². The number of benzene rings is 1. The Kier molecular flexibility index (Phi) is 2.75. The molecule has 3 nitrogen and oxygen atoms in total. The number of fused-ring (bicyclic) bond motifs is 2. The Labute approximate surface area is 109 Å². The van der Waals surface area contributed by atoms with Gasteiger partial charge in [0.1, 0.15) is 0 Å². The first kappa shape index (κ1) is 12.2. The Morgan fingerprint density at radius 2 is 1.89 bits per heavy atom. The second kappa shape index (κ2) is 4.07. The zero-order valence-electron chi connectivity index (χ0n) is 10.6. The molecule has 1 heterocycles. The van der Waals surface area contributed by atoms with Crippen molar-refractivity contribution in [2.45, 2.75) is 29.9 Å². The molecule has 98 valence electrons. The summed E-state index contributed by atoms with van der Waals surface area (Å²) in [5.41, 5.74) is 2.42. The summed E-state index contributed by atoms with van der Waals surface area (Å²) in [6.07, 6.45) is 4.24. The monoisotopic (exact) mass is 265 g/mol. The van der Waals surface area contributed by atoms with E-state index in [9.17, 15) is 8.42 Å². The average molecular weight is 265 g/mol. The maximum Gasteiger partial charge on any atom is 0.154 e. The van der Waals surface area contributed by atoms with E-state index in [1.165, 1.54) is 11.8 Å². The number of sulfone groups is 1. The third-order valence-electron chi connectivity index (χ3n) is 4.53. The highest BCUT2D eigenvalue weighted by Crippen LogP contribution is 2.52. The molecule has 0 bridgehead atoms. The zero-order chi connectivity index (χ0) is 12.8. The van der Waals surface area contributed by atoms with Crippen molar-refractivity contribution in [1.82, 2.24) is 5.32 Å². The molecule has 1 aliphatic heterocycles. The van der Waals surface area contributed by atoms with Gasteiger partial charge in [0, 0.05) is 6.26 Å². The molecule has 1 fully saturated rings. The third-order valence-corrected chi connectivity index (χ3v) is 5.99. The summed E-state index contributed by atoms with van der Waals surface area (Å²) in [4.78, 5) is 0. The molecule has 1 spiro atoms. The maximum atomic E-state index is 12.0. The second-order valence-corrected chi connectivity index (χ2v) is 7.87. The standard InChI is InChI=1S/C14H19NO2S/c1-18(16,17)13-10-14(6-8-15-9-7-14)12-5-3-2-4-11(12)13/h2-5,13,15H,6-10H2,1H3. The Morgan fingerprint density at radius 3 is 2.56 bits per heavy atom. The van der Waals surface area contributed by atoms with E-state index >= 15 is 0 Å². The fraction of sp³-hybridized carbons (Fsp3) is 0.571. The molecule has 0 saturated carbocycles. The van der Waals surface area contributed by atoms with Crippen molar-refractivity contribution in [3.8, 4) is 0 Å². The van der Waals surface area contributed by atoms with Gasteiger partial charge in [-0.25, -0.2) is 8.42 Å². The summed E-state index contributed by atoms with van der Waals surface area (Å²) >= 11 is 0. The summed E-state index contributed by atoms with van der Waals surface area (Å²) in [5.74, 6) is 0. The molecule has 1 aliphatic carbocycles. The van der Waals surface area contributed by atoms with Crippen LogP contribution in [0.3, 0.4) is 0 Å². The van der Waals surface area contributed by atoms with Gasteiger partial charge >= 0.3 is 0 Å². The van der Waals surface area contributed by atoms with E-state index in [-0.39, 0.29) is 10.7 Å². The van der Waals surface area contributed by atoms with Gasteiger partial charge in [0.25, 0.3) is 0 Å². The van der Waals surface area contributed by atoms with Gasteiger partial charge in [-0.3, -0.25) is 0 Å². The van der Waals surface area contributed by atoms with Crippen LogP contribution >= 0.6 is 0 Å². The lowest BCUT2D eigenvalue weighted by molar-refractivity contribution is 0.304. The van der Waals surface area contributed by atoms with E-state index in [2.05, 4.69) is 11.4 Å². The second-order valence-electron chi connectivity index (χ2n) is 5.64. The minimum Gasteiger partial charge on any atom is -0.317 e. The molecule has 0 radical (unpaired) electrons. The molecule has 1 saturated heterocycles. The van der Waals surface area contributed by atoms with E-state index < -0.39 is 9.84 Å². The van der Waals surface area contributed by atoms with E-state index in [0.717, 1.165) is 37.9 Å². The highest BCUT2D eigenvalue weighted by molar-refractivity contribution is 7.90. The first-order valence-electron chi connectivity index (χ1n) is 6.52. The SMILES string of the molecule is CS(=O)(=O)C1CC2(CCNCC2)c2ccccc21. The Hall–Kier alpha value is -0.870. The van der Waals surface area contributed by atoms with Gasteiger partial charge in [0.05, 0.1) is 5.25 Å². The molecule has 1 unspecified atom stereocenters. The minimum atomic E-state index is -3.01. The normalized spacial score (nSPS) is 26.2. The molecular weight excluding hydrogens is 246 g/mol. The van der Waals surface area contributed by atoms with Crippen LogP contribution < -0.4 is 5.32 Å². The van der Waals surface area contributed by atoms with Crippen LogP contribution in [0.4, 0.5) is 0 Å². The summed E-state index contributed by atoms with van der Waals surface area (Å²) in [6, 6.07) is 8.12. The first-order chi connectivity index (χ1) is 8.53. The molecule has 18 heavy (non-hydrogen) atoms. The van der Waals surface area contributed by atoms with Crippen LogP contribution in [0.15, 0.2) is 24.3 Å². The Morgan fingerprint density at radius 1 is 1.22 bits per heavy atom. The van der Waals surface area contributed by atoms with Gasteiger partial charge in [-0.1, -0.05) is 24.3 Å². The molecule has 1 aromatic carbocycles. The lowest BCUT2D eigenvalue weighted by Crippen LogP contribution is -2.38. The Bertz CT molecular complexity index is 559. The van der Waals surface area contributed by atoms with Crippen molar-refractivity contribution >= 4 is 9.84 Å². The number of hydrogen-bond acceptors (Lipinski definition) is 3. The summed E-state index contributed by atoms with van der Waals surface area (Å²) < 4.78 is 24.0. The van der Waals surface area contributed by atoms with Crippen LogP contribution in [-0.2, 0) is 15.3 Å². The highest BCUT2D eigenvalue weighted by atomic mass is 32.2.